The van der Waals surface area contributed by atoms with E-state index in [4.69, 9.17) is 5.73 Å². The molecule has 188 valence electrons. The number of anilines is 2. The topological polar surface area (TPSA) is 51.7 Å². The van der Waals surface area contributed by atoms with Crippen molar-refractivity contribution in [2.75, 3.05) is 77.8 Å². The number of pyridine rings is 1. The van der Waals surface area contributed by atoms with Crippen LogP contribution in [-0.4, -0.2) is 72.9 Å². The molecule has 0 fully saturated rings. The molecule has 0 bridgehead atoms. The molecular weight excluding hydrogens is 420 g/mol. The number of fused-ring (bicyclic) bond motifs is 2. The van der Waals surface area contributed by atoms with E-state index in [-0.39, 0.29) is 7.43 Å². The third-order valence-electron chi connectivity index (χ3n) is 6.33. The van der Waals surface area contributed by atoms with E-state index in [2.05, 4.69) is 102 Å². The highest BCUT2D eigenvalue weighted by molar-refractivity contribution is 5.91. The van der Waals surface area contributed by atoms with Gasteiger partial charge in [-0.2, -0.15) is 4.57 Å². The zero-order valence-electron chi connectivity index (χ0n) is 21.3. The molecule has 0 amide bonds. The summed E-state index contributed by atoms with van der Waals surface area (Å²) in [5, 5.41) is 6.22. The Morgan fingerprint density at radius 1 is 0.735 bits per heavy atom. The van der Waals surface area contributed by atoms with Gasteiger partial charge in [0.15, 0.2) is 6.54 Å². The van der Waals surface area contributed by atoms with E-state index < -0.39 is 0 Å². The van der Waals surface area contributed by atoms with Gasteiger partial charge in [0.2, 0.25) is 11.0 Å². The number of aryl methyl sites for hydroxylation is 1. The fourth-order valence-electron chi connectivity index (χ4n) is 4.30. The first kappa shape index (κ1) is 27.8. The van der Waals surface area contributed by atoms with Crippen molar-refractivity contribution in [3.63, 3.8) is 0 Å². The van der Waals surface area contributed by atoms with Crippen molar-refractivity contribution in [1.29, 1.82) is 0 Å². The highest BCUT2D eigenvalue weighted by Crippen LogP contribution is 2.25. The summed E-state index contributed by atoms with van der Waals surface area (Å²) in [4.78, 5) is 6.73. The van der Waals surface area contributed by atoms with Crippen LogP contribution in [0.1, 0.15) is 26.7 Å². The largest absolute Gasteiger partial charge is 0.377 e. The van der Waals surface area contributed by atoms with Crippen LogP contribution in [0, 0.1) is 0 Å². The predicted octanol–water partition coefficient (Wildman–Crippen LogP) is 3.70. The van der Waals surface area contributed by atoms with Crippen molar-refractivity contribution in [3.8, 4) is 0 Å². The second-order valence-electron chi connectivity index (χ2n) is 9.47. The number of benzene rings is 2. The zero-order valence-corrected chi connectivity index (χ0v) is 21.3. The molecule has 6 nitrogen and oxygen atoms in total. The van der Waals surface area contributed by atoms with Crippen LogP contribution in [0.4, 0.5) is 11.4 Å². The standard InChI is InChI=1S/C27H43N6.CH4/c1-30(2)24-11-9-22-19-23-10-12-25(31(3)4)21-27(23)33(26(22)20-24)18-8-15-29-14-7-17-32(5)16-6-13-28;/h9-12,19-21,29H,6-8,13-18,28H2,1-5H3;1H4/q+1;. The summed E-state index contributed by atoms with van der Waals surface area (Å²) < 4.78 is 2.51. The molecule has 0 unspecified atom stereocenters. The lowest BCUT2D eigenvalue weighted by molar-refractivity contribution is -0.645. The van der Waals surface area contributed by atoms with Crippen LogP contribution in [0.5, 0.6) is 0 Å². The summed E-state index contributed by atoms with van der Waals surface area (Å²) >= 11 is 0. The normalized spacial score (nSPS) is 11.3. The molecule has 6 heteroatoms. The molecule has 0 aliphatic rings. The summed E-state index contributed by atoms with van der Waals surface area (Å²) in [5.41, 5.74) is 10.7. The Kier molecular flexibility index (Phi) is 11.0. The van der Waals surface area contributed by atoms with Crippen molar-refractivity contribution < 1.29 is 4.57 Å². The second kappa shape index (κ2) is 13.5. The van der Waals surface area contributed by atoms with Gasteiger partial charge in [-0.1, -0.05) is 7.43 Å². The molecule has 3 rings (SSSR count). The first-order chi connectivity index (χ1) is 15.9. The van der Waals surface area contributed by atoms with Crippen LogP contribution in [0.3, 0.4) is 0 Å². The zero-order chi connectivity index (χ0) is 23.8. The number of aromatic nitrogens is 1. The lowest BCUT2D eigenvalue weighted by Gasteiger charge is -2.16. The third kappa shape index (κ3) is 7.29. The number of hydrogen-bond acceptors (Lipinski definition) is 5. The Balaban J connectivity index is 0.00000408. The van der Waals surface area contributed by atoms with Gasteiger partial charge in [0.25, 0.3) is 0 Å². The molecule has 0 aliphatic carbocycles. The summed E-state index contributed by atoms with van der Waals surface area (Å²) in [6.45, 7) is 6.06. The van der Waals surface area contributed by atoms with Crippen LogP contribution in [0.25, 0.3) is 21.8 Å². The smallest absolute Gasteiger partial charge is 0.215 e. The fraction of sp³-hybridized carbons (Fsp3) is 0.536. The Labute approximate surface area is 207 Å². The monoisotopic (exact) mass is 467 g/mol. The van der Waals surface area contributed by atoms with Gasteiger partial charge in [0, 0.05) is 75.4 Å². The van der Waals surface area contributed by atoms with E-state index in [0.29, 0.717) is 0 Å². The Morgan fingerprint density at radius 3 is 1.79 bits per heavy atom. The van der Waals surface area contributed by atoms with Gasteiger partial charge in [-0.25, -0.2) is 0 Å². The summed E-state index contributed by atoms with van der Waals surface area (Å²) in [5.74, 6) is 0. The SMILES string of the molecule is C.CN(CCCN)CCCNCCC[n+]1c2cc(N(C)C)ccc2cc2ccc(N(C)C)cc21. The van der Waals surface area contributed by atoms with Crippen molar-refractivity contribution in [2.24, 2.45) is 5.73 Å². The molecule has 0 radical (unpaired) electrons. The molecule has 3 aromatic rings. The molecule has 0 aliphatic heterocycles. The maximum Gasteiger partial charge on any atom is 0.215 e. The van der Waals surface area contributed by atoms with E-state index in [9.17, 15) is 0 Å². The van der Waals surface area contributed by atoms with E-state index in [1.54, 1.807) is 0 Å². The number of nitrogens with one attached hydrogen (secondary N) is 1. The van der Waals surface area contributed by atoms with Gasteiger partial charge in [-0.05, 0) is 76.4 Å². The number of rotatable bonds is 13. The van der Waals surface area contributed by atoms with Crippen LogP contribution in [-0.2, 0) is 6.54 Å². The Hall–Kier alpha value is -2.41. The highest BCUT2D eigenvalue weighted by atomic mass is 15.1. The molecular formula is C28H47N6+. The van der Waals surface area contributed by atoms with Crippen molar-refractivity contribution >= 4 is 33.2 Å². The predicted molar refractivity (Wildman–Crippen MR) is 150 cm³/mol. The maximum atomic E-state index is 5.60. The van der Waals surface area contributed by atoms with Gasteiger partial charge < -0.3 is 25.8 Å². The van der Waals surface area contributed by atoms with E-state index in [1.165, 1.54) is 39.6 Å². The molecule has 34 heavy (non-hydrogen) atoms. The second-order valence-corrected chi connectivity index (χ2v) is 9.47. The third-order valence-corrected chi connectivity index (χ3v) is 6.33. The van der Waals surface area contributed by atoms with Gasteiger partial charge in [-0.15, -0.1) is 0 Å². The van der Waals surface area contributed by atoms with Crippen LogP contribution in [0.2, 0.25) is 0 Å². The fourth-order valence-corrected chi connectivity index (χ4v) is 4.30. The molecule has 2 aromatic carbocycles. The number of hydrogen-bond donors (Lipinski definition) is 2. The van der Waals surface area contributed by atoms with Crippen molar-refractivity contribution in [2.45, 2.75) is 33.2 Å². The molecule has 3 N–H and O–H groups in total. The van der Waals surface area contributed by atoms with E-state index in [0.717, 1.165) is 52.1 Å². The molecule has 0 atom stereocenters. The Morgan fingerprint density at radius 2 is 1.26 bits per heavy atom. The lowest BCUT2D eigenvalue weighted by Crippen LogP contribution is -2.37. The Bertz CT molecular complexity index is 964. The van der Waals surface area contributed by atoms with Crippen LogP contribution in [0.15, 0.2) is 42.5 Å². The summed E-state index contributed by atoms with van der Waals surface area (Å²) in [6, 6.07) is 15.9. The van der Waals surface area contributed by atoms with Gasteiger partial charge in [-0.3, -0.25) is 0 Å². The first-order valence-corrected chi connectivity index (χ1v) is 12.2. The maximum absolute atomic E-state index is 5.60. The van der Waals surface area contributed by atoms with Gasteiger partial charge in [0.05, 0.1) is 0 Å². The number of nitrogens with zero attached hydrogens (tertiary/aromatic N) is 4. The van der Waals surface area contributed by atoms with Crippen LogP contribution < -0.4 is 25.4 Å². The molecule has 0 saturated heterocycles. The van der Waals surface area contributed by atoms with Crippen molar-refractivity contribution in [3.05, 3.63) is 42.5 Å². The average Bonchev–Trinajstić information content (AvgIpc) is 2.80. The van der Waals surface area contributed by atoms with Gasteiger partial charge >= 0.3 is 0 Å². The van der Waals surface area contributed by atoms with Gasteiger partial charge in [0.1, 0.15) is 0 Å². The first-order valence-electron chi connectivity index (χ1n) is 12.2. The van der Waals surface area contributed by atoms with Crippen LogP contribution >= 0.6 is 0 Å². The molecule has 1 aromatic heterocycles. The average molecular weight is 468 g/mol. The summed E-state index contributed by atoms with van der Waals surface area (Å²) in [7, 11) is 10.6. The minimum Gasteiger partial charge on any atom is -0.377 e. The molecule has 0 spiro atoms. The lowest BCUT2D eigenvalue weighted by atomic mass is 10.1. The molecule has 0 saturated carbocycles. The van der Waals surface area contributed by atoms with E-state index in [1.807, 2.05) is 0 Å². The summed E-state index contributed by atoms with van der Waals surface area (Å²) in [6.07, 6.45) is 3.34. The highest BCUT2D eigenvalue weighted by Gasteiger charge is 2.17. The molecule has 1 heterocycles. The minimum absolute atomic E-state index is 0. The number of nitrogens with two attached hydrogens (primary N) is 1. The minimum atomic E-state index is 0. The van der Waals surface area contributed by atoms with Crippen molar-refractivity contribution in [1.82, 2.24) is 10.2 Å². The quantitative estimate of drug-likeness (QED) is 0.228. The van der Waals surface area contributed by atoms with E-state index >= 15 is 0 Å².